The minimum absolute atomic E-state index is 0.207. The molecular weight excluding hydrogens is 390 g/mol. The molecule has 1 atom stereocenters. The molecule has 0 saturated carbocycles. The maximum absolute atomic E-state index is 12.4. The molecule has 158 valence electrons. The van der Waals surface area contributed by atoms with Gasteiger partial charge < -0.3 is 9.47 Å². The van der Waals surface area contributed by atoms with Crippen molar-refractivity contribution in [3.63, 3.8) is 0 Å². The van der Waals surface area contributed by atoms with Gasteiger partial charge in [-0.3, -0.25) is 9.78 Å². The fourth-order valence-electron chi connectivity index (χ4n) is 4.55. The van der Waals surface area contributed by atoms with Gasteiger partial charge >= 0.3 is 5.69 Å². The summed E-state index contributed by atoms with van der Waals surface area (Å²) in [7, 11) is 0. The summed E-state index contributed by atoms with van der Waals surface area (Å²) in [5, 5.41) is 0. The standard InChI is InChI=1S/C24H25N5O2/c1-15-12-19-20(13-16(15)2)29(22-21(25-19)23(30)27-24(31)26-22)11-10-28-9-8-18(14-28)17-6-4-3-5-7-17/h3-7,12-13,18H,8-11,14H2,1-2H3,(H,27,30,31). The van der Waals surface area contributed by atoms with E-state index in [1.54, 1.807) is 0 Å². The summed E-state index contributed by atoms with van der Waals surface area (Å²) in [5.41, 5.74) is 4.35. The number of aromatic amines is 1. The van der Waals surface area contributed by atoms with Crippen LogP contribution in [-0.4, -0.2) is 44.1 Å². The molecule has 0 amide bonds. The Kier molecular flexibility index (Phi) is 4.90. The van der Waals surface area contributed by atoms with Crippen LogP contribution in [0, 0.1) is 13.8 Å². The highest BCUT2D eigenvalue weighted by atomic mass is 16.2. The maximum atomic E-state index is 12.4. The number of fused-ring (bicyclic) bond motifs is 2. The minimum Gasteiger partial charge on any atom is -0.321 e. The molecule has 7 heteroatoms. The quantitative estimate of drug-likeness (QED) is 0.518. The summed E-state index contributed by atoms with van der Waals surface area (Å²) in [6, 6.07) is 14.7. The number of rotatable bonds is 4. The van der Waals surface area contributed by atoms with E-state index in [2.05, 4.69) is 63.2 Å². The lowest BCUT2D eigenvalue weighted by Gasteiger charge is -2.21. The van der Waals surface area contributed by atoms with Gasteiger partial charge in [-0.15, -0.1) is 0 Å². The first kappa shape index (κ1) is 19.6. The van der Waals surface area contributed by atoms with Crippen molar-refractivity contribution in [2.24, 2.45) is 0 Å². The van der Waals surface area contributed by atoms with Crippen LogP contribution in [0.1, 0.15) is 29.0 Å². The second kappa shape index (κ2) is 7.74. The summed E-state index contributed by atoms with van der Waals surface area (Å²) < 4.78 is 1.98. The van der Waals surface area contributed by atoms with Crippen LogP contribution in [0.5, 0.6) is 0 Å². The van der Waals surface area contributed by atoms with Crippen molar-refractivity contribution in [2.45, 2.75) is 32.7 Å². The van der Waals surface area contributed by atoms with Crippen molar-refractivity contribution < 1.29 is 0 Å². The molecule has 2 aromatic carbocycles. The highest BCUT2D eigenvalue weighted by Crippen LogP contribution is 2.28. The van der Waals surface area contributed by atoms with Crippen LogP contribution >= 0.6 is 0 Å². The molecule has 3 heterocycles. The maximum Gasteiger partial charge on any atom is 0.349 e. The van der Waals surface area contributed by atoms with Crippen LogP contribution in [0.4, 0.5) is 0 Å². The second-order valence-electron chi connectivity index (χ2n) is 8.43. The average Bonchev–Trinajstić information content (AvgIpc) is 3.23. The fourth-order valence-corrected chi connectivity index (χ4v) is 4.55. The lowest BCUT2D eigenvalue weighted by molar-refractivity contribution is 0.320. The second-order valence-corrected chi connectivity index (χ2v) is 8.43. The molecule has 1 fully saturated rings. The van der Waals surface area contributed by atoms with Crippen LogP contribution < -0.4 is 11.2 Å². The molecule has 1 unspecified atom stereocenters. The smallest absolute Gasteiger partial charge is 0.321 e. The summed E-state index contributed by atoms with van der Waals surface area (Å²) >= 11 is 0. The van der Waals surface area contributed by atoms with Crippen molar-refractivity contribution in [2.75, 3.05) is 19.6 Å². The normalized spacial score (nSPS) is 17.0. The molecule has 0 radical (unpaired) electrons. The Hall–Kier alpha value is -3.32. The van der Waals surface area contributed by atoms with Crippen molar-refractivity contribution >= 4 is 11.0 Å². The number of nitrogens with zero attached hydrogens (tertiary/aromatic N) is 4. The average molecular weight is 415 g/mol. The molecule has 1 N–H and O–H groups in total. The van der Waals surface area contributed by atoms with E-state index < -0.39 is 11.2 Å². The molecule has 7 nitrogen and oxygen atoms in total. The molecule has 0 bridgehead atoms. The molecule has 3 aliphatic rings. The predicted molar refractivity (Wildman–Crippen MR) is 121 cm³/mol. The van der Waals surface area contributed by atoms with Gasteiger partial charge in [-0.2, -0.15) is 4.98 Å². The summed E-state index contributed by atoms with van der Waals surface area (Å²) in [5.74, 6) is 0.888. The van der Waals surface area contributed by atoms with E-state index in [1.807, 2.05) is 17.6 Å². The van der Waals surface area contributed by atoms with Gasteiger partial charge in [-0.1, -0.05) is 30.3 Å². The third-order valence-corrected chi connectivity index (χ3v) is 6.41. The molecule has 0 aliphatic carbocycles. The van der Waals surface area contributed by atoms with E-state index in [4.69, 9.17) is 0 Å². The van der Waals surface area contributed by atoms with Crippen molar-refractivity contribution in [1.82, 2.24) is 24.4 Å². The van der Waals surface area contributed by atoms with Gasteiger partial charge in [-0.25, -0.2) is 9.78 Å². The number of benzene rings is 2. The van der Waals surface area contributed by atoms with Crippen molar-refractivity contribution in [3.05, 3.63) is 80.0 Å². The summed E-state index contributed by atoms with van der Waals surface area (Å²) in [6.07, 6.45) is 1.13. The van der Waals surface area contributed by atoms with E-state index in [1.165, 1.54) is 5.56 Å². The van der Waals surface area contributed by atoms with Gasteiger partial charge in [0.15, 0.2) is 11.5 Å². The molecule has 31 heavy (non-hydrogen) atoms. The third-order valence-electron chi connectivity index (χ3n) is 6.41. The van der Waals surface area contributed by atoms with Gasteiger partial charge in [0.1, 0.15) is 0 Å². The summed E-state index contributed by atoms with van der Waals surface area (Å²) in [6.45, 7) is 7.57. The molecular formula is C24H25N5O2. The van der Waals surface area contributed by atoms with E-state index >= 15 is 0 Å². The van der Waals surface area contributed by atoms with E-state index in [-0.39, 0.29) is 5.69 Å². The molecule has 5 rings (SSSR count). The Morgan fingerprint density at radius 3 is 2.61 bits per heavy atom. The number of hydrogen-bond acceptors (Lipinski definition) is 5. The Morgan fingerprint density at radius 1 is 1.03 bits per heavy atom. The highest BCUT2D eigenvalue weighted by Gasteiger charge is 2.25. The number of likely N-dealkylation sites (tertiary alicyclic amines) is 1. The lowest BCUT2D eigenvalue weighted by Crippen LogP contribution is -2.31. The largest absolute Gasteiger partial charge is 0.349 e. The van der Waals surface area contributed by atoms with Gasteiger partial charge in [0.05, 0.1) is 11.0 Å². The minimum atomic E-state index is -0.637. The summed E-state index contributed by atoms with van der Waals surface area (Å²) in [4.78, 5) is 37.7. The Balaban J connectivity index is 1.50. The monoisotopic (exact) mass is 415 g/mol. The van der Waals surface area contributed by atoms with Gasteiger partial charge in [0.2, 0.25) is 0 Å². The topological polar surface area (TPSA) is 83.9 Å². The highest BCUT2D eigenvalue weighted by molar-refractivity contribution is 5.81. The first-order valence-electron chi connectivity index (χ1n) is 10.7. The SMILES string of the molecule is Cc1cc2nc3c(=O)[nH]c(=O)nc-3n(CCN3CCC(c4ccccc4)C3)c2cc1C. The van der Waals surface area contributed by atoms with Crippen molar-refractivity contribution in [3.8, 4) is 11.5 Å². The van der Waals surface area contributed by atoms with Crippen LogP contribution in [0.25, 0.3) is 22.6 Å². The molecule has 0 spiro atoms. The third kappa shape index (κ3) is 3.65. The Bertz CT molecular complexity index is 1340. The Labute approximate surface area is 179 Å². The van der Waals surface area contributed by atoms with Crippen LogP contribution in [-0.2, 0) is 6.54 Å². The zero-order valence-electron chi connectivity index (χ0n) is 17.8. The molecule has 2 aromatic rings. The molecule has 0 aromatic heterocycles. The number of nitrogens with one attached hydrogen (secondary N) is 1. The first-order valence-corrected chi connectivity index (χ1v) is 10.7. The van der Waals surface area contributed by atoms with Crippen LogP contribution in [0.2, 0.25) is 0 Å². The van der Waals surface area contributed by atoms with E-state index in [0.717, 1.165) is 48.2 Å². The lowest BCUT2D eigenvalue weighted by atomic mass is 9.99. The van der Waals surface area contributed by atoms with Crippen LogP contribution in [0.15, 0.2) is 52.1 Å². The molecule has 3 aliphatic heterocycles. The number of H-pyrrole nitrogens is 1. The Morgan fingerprint density at radius 2 is 1.81 bits per heavy atom. The zero-order valence-corrected chi connectivity index (χ0v) is 17.8. The van der Waals surface area contributed by atoms with Gasteiger partial charge in [-0.05, 0) is 61.6 Å². The van der Waals surface area contributed by atoms with E-state index in [0.29, 0.717) is 18.3 Å². The molecule has 1 saturated heterocycles. The fraction of sp³-hybridized carbons (Fsp3) is 0.333. The number of hydrogen-bond donors (Lipinski definition) is 1. The van der Waals surface area contributed by atoms with Crippen LogP contribution in [0.3, 0.4) is 0 Å². The van der Waals surface area contributed by atoms with Gasteiger partial charge in [0, 0.05) is 19.6 Å². The predicted octanol–water partition coefficient (Wildman–Crippen LogP) is 2.69. The van der Waals surface area contributed by atoms with E-state index in [9.17, 15) is 9.59 Å². The number of aryl methyl sites for hydroxylation is 2. The number of aromatic nitrogens is 4. The zero-order chi connectivity index (χ0) is 21.5. The van der Waals surface area contributed by atoms with Gasteiger partial charge in [0.25, 0.3) is 5.56 Å². The first-order chi connectivity index (χ1) is 15.0. The van der Waals surface area contributed by atoms with Crippen molar-refractivity contribution in [1.29, 1.82) is 0 Å².